The maximum Gasteiger partial charge on any atom is 0.408 e. The number of aliphatic hydroxyl groups excluding tert-OH is 1. The molecule has 0 aliphatic heterocycles. The Morgan fingerprint density at radius 2 is 1.27 bits per heavy atom. The van der Waals surface area contributed by atoms with Crippen molar-refractivity contribution in [2.24, 2.45) is 17.8 Å². The fourth-order valence-electron chi connectivity index (χ4n) is 5.30. The number of ether oxygens (including phenoxy) is 2. The summed E-state index contributed by atoms with van der Waals surface area (Å²) >= 11 is 0. The second-order valence-corrected chi connectivity index (χ2v) is 13.0. The van der Waals surface area contributed by atoms with E-state index in [-0.39, 0.29) is 31.3 Å². The van der Waals surface area contributed by atoms with Gasteiger partial charge in [-0.3, -0.25) is 14.4 Å². The number of amides is 4. The van der Waals surface area contributed by atoms with Crippen molar-refractivity contribution in [2.45, 2.75) is 104 Å². The molecular weight excluding hydrogens is 628 g/mol. The SMILES string of the molecule is CCCC(C[C@H](O)[C@H](Cc1ccccc1)NC(=O)[C@H](C)NC(=O)OCc1ccccc1)C(=O)N[C@@H](C(=O)NC(C(=O)OC)C(C)C)C(C)C. The van der Waals surface area contributed by atoms with Crippen molar-refractivity contribution in [3.8, 4) is 0 Å². The number of alkyl carbamates (subject to hydrolysis) is 1. The molecule has 49 heavy (non-hydrogen) atoms. The molecule has 0 saturated carbocycles. The molecule has 0 saturated heterocycles. The van der Waals surface area contributed by atoms with Gasteiger partial charge >= 0.3 is 12.1 Å². The number of methoxy groups -OCH3 is 1. The van der Waals surface area contributed by atoms with Gasteiger partial charge in [0.05, 0.1) is 19.3 Å². The summed E-state index contributed by atoms with van der Waals surface area (Å²) < 4.78 is 10.1. The van der Waals surface area contributed by atoms with Crippen molar-refractivity contribution < 1.29 is 38.6 Å². The molecule has 6 atom stereocenters. The van der Waals surface area contributed by atoms with Crippen LogP contribution in [-0.2, 0) is 41.7 Å². The molecule has 0 heterocycles. The summed E-state index contributed by atoms with van der Waals surface area (Å²) in [6.07, 6.45) is -0.602. The Balaban J connectivity index is 2.16. The lowest BCUT2D eigenvalue weighted by Gasteiger charge is -2.30. The minimum Gasteiger partial charge on any atom is -0.467 e. The number of carbonyl (C=O) groups is 5. The highest BCUT2D eigenvalue weighted by atomic mass is 16.5. The van der Waals surface area contributed by atoms with Gasteiger partial charge in [0, 0.05) is 5.92 Å². The number of esters is 1. The van der Waals surface area contributed by atoms with Crippen LogP contribution in [0.15, 0.2) is 60.7 Å². The molecule has 0 aromatic heterocycles. The third-order valence-electron chi connectivity index (χ3n) is 8.23. The summed E-state index contributed by atoms with van der Waals surface area (Å²) in [5.74, 6) is -3.28. The van der Waals surface area contributed by atoms with E-state index < -0.39 is 66.0 Å². The highest BCUT2D eigenvalue weighted by molar-refractivity contribution is 5.91. The second kappa shape index (κ2) is 20.8. The lowest BCUT2D eigenvalue weighted by atomic mass is 9.89. The van der Waals surface area contributed by atoms with Crippen LogP contribution in [0.1, 0.15) is 71.9 Å². The molecule has 2 aromatic carbocycles. The number of hydrogen-bond acceptors (Lipinski definition) is 8. The molecule has 0 bridgehead atoms. The van der Waals surface area contributed by atoms with Crippen LogP contribution in [0.2, 0.25) is 0 Å². The van der Waals surface area contributed by atoms with Gasteiger partial charge in [0.25, 0.3) is 0 Å². The summed E-state index contributed by atoms with van der Waals surface area (Å²) in [5.41, 5.74) is 1.65. The lowest BCUT2D eigenvalue weighted by Crippen LogP contribution is -2.56. The van der Waals surface area contributed by atoms with Crippen molar-refractivity contribution in [2.75, 3.05) is 7.11 Å². The van der Waals surface area contributed by atoms with E-state index in [2.05, 4.69) is 21.3 Å². The van der Waals surface area contributed by atoms with Crippen LogP contribution < -0.4 is 21.3 Å². The predicted molar refractivity (Wildman–Crippen MR) is 186 cm³/mol. The van der Waals surface area contributed by atoms with Crippen LogP contribution in [0, 0.1) is 17.8 Å². The first-order valence-corrected chi connectivity index (χ1v) is 16.9. The van der Waals surface area contributed by atoms with E-state index in [4.69, 9.17) is 9.47 Å². The number of hydrogen-bond donors (Lipinski definition) is 5. The van der Waals surface area contributed by atoms with E-state index in [1.54, 1.807) is 27.7 Å². The molecule has 0 aliphatic carbocycles. The third kappa shape index (κ3) is 13.9. The highest BCUT2D eigenvalue weighted by Gasteiger charge is 2.34. The van der Waals surface area contributed by atoms with Gasteiger partial charge in [-0.1, -0.05) is 102 Å². The Labute approximate surface area is 290 Å². The maximum atomic E-state index is 13.7. The van der Waals surface area contributed by atoms with E-state index in [9.17, 15) is 29.1 Å². The number of nitrogens with one attached hydrogen (secondary N) is 4. The molecule has 12 nitrogen and oxygen atoms in total. The molecule has 0 radical (unpaired) electrons. The molecule has 12 heteroatoms. The maximum absolute atomic E-state index is 13.7. The number of aliphatic hydroxyl groups is 1. The predicted octanol–water partition coefficient (Wildman–Crippen LogP) is 3.65. The Kier molecular flexibility index (Phi) is 17.3. The molecule has 2 unspecified atom stereocenters. The van der Waals surface area contributed by atoms with E-state index >= 15 is 0 Å². The van der Waals surface area contributed by atoms with Crippen LogP contribution in [-0.4, -0.2) is 72.3 Å². The molecule has 270 valence electrons. The zero-order valence-corrected chi connectivity index (χ0v) is 29.7. The summed E-state index contributed by atoms with van der Waals surface area (Å²) in [4.78, 5) is 64.8. The van der Waals surface area contributed by atoms with Crippen LogP contribution in [0.4, 0.5) is 4.79 Å². The fourth-order valence-corrected chi connectivity index (χ4v) is 5.30. The Hall–Kier alpha value is -4.45. The van der Waals surface area contributed by atoms with Crippen LogP contribution in [0.3, 0.4) is 0 Å². The van der Waals surface area contributed by atoms with Crippen molar-refractivity contribution in [1.82, 2.24) is 21.3 Å². The largest absolute Gasteiger partial charge is 0.467 e. The smallest absolute Gasteiger partial charge is 0.408 e. The standard InChI is InChI=1S/C37H54N4O8/c1-8-15-28(34(44)40-31(23(2)3)35(45)41-32(24(4)5)36(46)48-7)21-30(42)29(20-26-16-11-9-12-17-26)39-33(43)25(6)38-37(47)49-22-27-18-13-10-14-19-27/h9-14,16-19,23-25,28-32,42H,8,15,20-22H2,1-7H3,(H,38,47)(H,39,43)(H,40,44)(H,41,45)/t25-,28?,29-,30-,31+,32?/m0/s1. The molecule has 0 fully saturated rings. The van der Waals surface area contributed by atoms with Gasteiger partial charge in [-0.25, -0.2) is 9.59 Å². The van der Waals surface area contributed by atoms with Gasteiger partial charge in [0.2, 0.25) is 17.7 Å². The third-order valence-corrected chi connectivity index (χ3v) is 8.23. The van der Waals surface area contributed by atoms with Crippen molar-refractivity contribution >= 4 is 29.8 Å². The molecule has 2 aromatic rings. The first kappa shape index (κ1) is 40.7. The van der Waals surface area contributed by atoms with Crippen LogP contribution in [0.25, 0.3) is 0 Å². The summed E-state index contributed by atoms with van der Waals surface area (Å²) in [6.45, 7) is 10.6. The van der Waals surface area contributed by atoms with Crippen molar-refractivity contribution in [3.05, 3.63) is 71.8 Å². The molecular formula is C37H54N4O8. The summed E-state index contributed by atoms with van der Waals surface area (Å²) in [5, 5.41) is 22.5. The molecule has 4 amide bonds. The lowest BCUT2D eigenvalue weighted by molar-refractivity contribution is -0.147. The fraction of sp³-hybridized carbons (Fsp3) is 0.541. The molecule has 0 spiro atoms. The van der Waals surface area contributed by atoms with Gasteiger partial charge in [0.1, 0.15) is 24.7 Å². The van der Waals surface area contributed by atoms with Crippen LogP contribution >= 0.6 is 0 Å². The van der Waals surface area contributed by atoms with Crippen molar-refractivity contribution in [3.63, 3.8) is 0 Å². The Morgan fingerprint density at radius 1 is 0.714 bits per heavy atom. The van der Waals surface area contributed by atoms with E-state index in [0.717, 1.165) is 11.1 Å². The van der Waals surface area contributed by atoms with E-state index in [1.165, 1.54) is 14.0 Å². The normalized spacial score (nSPS) is 14.8. The van der Waals surface area contributed by atoms with Gasteiger partial charge in [0.15, 0.2) is 0 Å². The number of benzene rings is 2. The highest BCUT2D eigenvalue weighted by Crippen LogP contribution is 2.20. The Bertz CT molecular complexity index is 1340. The topological polar surface area (TPSA) is 172 Å². The van der Waals surface area contributed by atoms with Gasteiger partial charge in [-0.2, -0.15) is 0 Å². The van der Waals surface area contributed by atoms with Crippen molar-refractivity contribution in [1.29, 1.82) is 0 Å². The van der Waals surface area contributed by atoms with E-state index in [0.29, 0.717) is 12.8 Å². The monoisotopic (exact) mass is 682 g/mol. The minimum absolute atomic E-state index is 0.00158. The Morgan fingerprint density at radius 3 is 1.80 bits per heavy atom. The average Bonchev–Trinajstić information content (AvgIpc) is 3.08. The van der Waals surface area contributed by atoms with E-state index in [1.807, 2.05) is 67.6 Å². The molecule has 2 rings (SSSR count). The minimum atomic E-state index is -1.15. The zero-order chi connectivity index (χ0) is 36.5. The van der Waals surface area contributed by atoms with Gasteiger partial charge in [-0.05, 0) is 49.1 Å². The van der Waals surface area contributed by atoms with Gasteiger partial charge < -0.3 is 35.8 Å². The summed E-state index contributed by atoms with van der Waals surface area (Å²) in [6, 6.07) is 14.8. The quantitative estimate of drug-likeness (QED) is 0.140. The number of carbonyl (C=O) groups excluding carboxylic acids is 5. The molecule has 0 aliphatic rings. The van der Waals surface area contributed by atoms with Gasteiger partial charge in [-0.15, -0.1) is 0 Å². The first-order chi connectivity index (χ1) is 23.3. The first-order valence-electron chi connectivity index (χ1n) is 16.9. The second-order valence-electron chi connectivity index (χ2n) is 13.0. The number of rotatable bonds is 19. The zero-order valence-electron chi connectivity index (χ0n) is 29.7. The van der Waals surface area contributed by atoms with Crippen LogP contribution in [0.5, 0.6) is 0 Å². The summed E-state index contributed by atoms with van der Waals surface area (Å²) in [7, 11) is 1.25. The average molecular weight is 683 g/mol. The molecule has 5 N–H and O–H groups in total.